The second kappa shape index (κ2) is 5.10. The molecule has 0 N–H and O–H groups in total. The summed E-state index contributed by atoms with van der Waals surface area (Å²) in [5.74, 6) is 0. The van der Waals surface area contributed by atoms with Crippen LogP contribution < -0.4 is 0 Å². The van der Waals surface area contributed by atoms with Crippen LogP contribution in [-0.4, -0.2) is 25.2 Å². The van der Waals surface area contributed by atoms with E-state index < -0.39 is 10.8 Å². The fraction of sp³-hybridized carbons (Fsp3) is 0.273. The average molecular weight is 314 g/mol. The molecular formula is C11H12BrN3OS. The summed E-state index contributed by atoms with van der Waals surface area (Å²) in [6.45, 7) is 2.68. The Hall–Kier alpha value is -1.01. The molecular weight excluding hydrogens is 302 g/mol. The number of hydrogen-bond acceptors (Lipinski definition) is 3. The number of hydrogen-bond donors (Lipinski definition) is 0. The number of aromatic nitrogens is 3. The summed E-state index contributed by atoms with van der Waals surface area (Å²) in [5.41, 5.74) is 2.33. The molecule has 1 aromatic carbocycles. The standard InChI is InChI=1S/C11H12BrN3OS/c1-8-9(4-3-5-10(8)12)6-15-7-13-14-11(15)17(2)16/h3-5,7H,6H2,1-2H3. The fourth-order valence-electron chi connectivity index (χ4n) is 1.58. The minimum atomic E-state index is -1.12. The van der Waals surface area contributed by atoms with Crippen molar-refractivity contribution in [2.45, 2.75) is 18.6 Å². The summed E-state index contributed by atoms with van der Waals surface area (Å²) in [7, 11) is -1.12. The lowest BCUT2D eigenvalue weighted by Crippen LogP contribution is -2.06. The molecule has 1 aromatic heterocycles. The van der Waals surface area contributed by atoms with E-state index >= 15 is 0 Å². The van der Waals surface area contributed by atoms with E-state index in [0.717, 1.165) is 10.0 Å². The van der Waals surface area contributed by atoms with Crippen LogP contribution in [0.15, 0.2) is 34.2 Å². The molecule has 1 heterocycles. The van der Waals surface area contributed by atoms with Gasteiger partial charge in [-0.15, -0.1) is 10.2 Å². The minimum absolute atomic E-state index is 0.504. The van der Waals surface area contributed by atoms with E-state index in [4.69, 9.17) is 0 Å². The SMILES string of the molecule is Cc1c(Br)cccc1Cn1cnnc1S(C)=O. The average Bonchev–Trinajstić information content (AvgIpc) is 2.73. The maximum Gasteiger partial charge on any atom is 0.221 e. The van der Waals surface area contributed by atoms with Crippen LogP contribution in [0.5, 0.6) is 0 Å². The molecule has 2 rings (SSSR count). The van der Waals surface area contributed by atoms with Gasteiger partial charge in [-0.1, -0.05) is 28.1 Å². The van der Waals surface area contributed by atoms with Gasteiger partial charge in [0.15, 0.2) is 0 Å². The first-order valence-electron chi connectivity index (χ1n) is 5.05. The van der Waals surface area contributed by atoms with Crippen LogP contribution in [0.1, 0.15) is 11.1 Å². The zero-order valence-electron chi connectivity index (χ0n) is 9.55. The molecule has 0 bridgehead atoms. The summed E-state index contributed by atoms with van der Waals surface area (Å²) in [6, 6.07) is 6.03. The van der Waals surface area contributed by atoms with Crippen molar-refractivity contribution in [1.29, 1.82) is 0 Å². The van der Waals surface area contributed by atoms with Gasteiger partial charge in [-0.05, 0) is 24.1 Å². The number of benzene rings is 1. The molecule has 0 amide bonds. The molecule has 0 aliphatic rings. The van der Waals surface area contributed by atoms with Gasteiger partial charge >= 0.3 is 0 Å². The molecule has 4 nitrogen and oxygen atoms in total. The van der Waals surface area contributed by atoms with Crippen LogP contribution in [0.2, 0.25) is 0 Å². The molecule has 90 valence electrons. The van der Waals surface area contributed by atoms with Crippen LogP contribution >= 0.6 is 15.9 Å². The third-order valence-corrected chi connectivity index (χ3v) is 4.25. The highest BCUT2D eigenvalue weighted by molar-refractivity contribution is 9.10. The summed E-state index contributed by atoms with van der Waals surface area (Å²) in [5, 5.41) is 8.17. The van der Waals surface area contributed by atoms with Crippen molar-refractivity contribution in [2.24, 2.45) is 0 Å². The first-order chi connectivity index (χ1) is 8.09. The maximum absolute atomic E-state index is 11.4. The van der Waals surface area contributed by atoms with Crippen LogP contribution in [-0.2, 0) is 17.3 Å². The Kier molecular flexibility index (Phi) is 3.73. The normalized spacial score (nSPS) is 12.6. The van der Waals surface area contributed by atoms with Crippen molar-refractivity contribution in [3.8, 4) is 0 Å². The Morgan fingerprint density at radius 2 is 2.24 bits per heavy atom. The lowest BCUT2D eigenvalue weighted by molar-refractivity contribution is 0.652. The van der Waals surface area contributed by atoms with Crippen LogP contribution in [0, 0.1) is 6.92 Å². The van der Waals surface area contributed by atoms with E-state index in [1.807, 2.05) is 29.7 Å². The molecule has 0 saturated carbocycles. The van der Waals surface area contributed by atoms with E-state index in [2.05, 4.69) is 26.1 Å². The maximum atomic E-state index is 11.4. The summed E-state index contributed by atoms with van der Waals surface area (Å²) >= 11 is 3.50. The molecule has 1 unspecified atom stereocenters. The zero-order valence-corrected chi connectivity index (χ0v) is 12.0. The second-order valence-corrected chi connectivity index (χ2v) is 5.85. The molecule has 0 aliphatic carbocycles. The first-order valence-corrected chi connectivity index (χ1v) is 7.40. The van der Waals surface area contributed by atoms with Gasteiger partial charge in [0, 0.05) is 10.7 Å². The number of nitrogens with zero attached hydrogens (tertiary/aromatic N) is 3. The highest BCUT2D eigenvalue weighted by atomic mass is 79.9. The van der Waals surface area contributed by atoms with Gasteiger partial charge in [0.25, 0.3) is 0 Å². The van der Waals surface area contributed by atoms with Crippen LogP contribution in [0.3, 0.4) is 0 Å². The molecule has 0 aliphatic heterocycles. The Balaban J connectivity index is 2.35. The van der Waals surface area contributed by atoms with Gasteiger partial charge in [0.05, 0.1) is 17.3 Å². The summed E-state index contributed by atoms with van der Waals surface area (Å²) < 4.78 is 14.3. The smallest absolute Gasteiger partial charge is 0.221 e. The first kappa shape index (κ1) is 12.4. The summed E-state index contributed by atoms with van der Waals surface area (Å²) in [4.78, 5) is 0. The van der Waals surface area contributed by atoms with E-state index in [0.29, 0.717) is 11.7 Å². The second-order valence-electron chi connectivity index (χ2n) is 3.72. The summed E-state index contributed by atoms with van der Waals surface area (Å²) in [6.07, 6.45) is 3.21. The van der Waals surface area contributed by atoms with Gasteiger partial charge in [0.1, 0.15) is 6.33 Å². The molecule has 17 heavy (non-hydrogen) atoms. The van der Waals surface area contributed by atoms with Gasteiger partial charge in [-0.2, -0.15) is 0 Å². The van der Waals surface area contributed by atoms with Crippen molar-refractivity contribution in [3.63, 3.8) is 0 Å². The predicted octanol–water partition coefficient (Wildman–Crippen LogP) is 2.13. The molecule has 0 radical (unpaired) electrons. The molecule has 0 spiro atoms. The van der Waals surface area contributed by atoms with E-state index in [1.54, 1.807) is 12.6 Å². The third-order valence-electron chi connectivity index (χ3n) is 2.56. The number of rotatable bonds is 3. The van der Waals surface area contributed by atoms with Gasteiger partial charge in [-0.25, -0.2) is 0 Å². The van der Waals surface area contributed by atoms with Crippen LogP contribution in [0.25, 0.3) is 0 Å². The Bertz CT molecular complexity index is 568. The Morgan fingerprint density at radius 1 is 1.47 bits per heavy atom. The molecule has 1 atom stereocenters. The quantitative estimate of drug-likeness (QED) is 0.872. The van der Waals surface area contributed by atoms with Crippen molar-refractivity contribution in [2.75, 3.05) is 6.26 Å². The number of halogens is 1. The lowest BCUT2D eigenvalue weighted by Gasteiger charge is -2.09. The van der Waals surface area contributed by atoms with Crippen LogP contribution in [0.4, 0.5) is 0 Å². The third kappa shape index (κ3) is 2.63. The van der Waals surface area contributed by atoms with Crippen molar-refractivity contribution in [3.05, 3.63) is 40.1 Å². The lowest BCUT2D eigenvalue weighted by atomic mass is 10.1. The van der Waals surface area contributed by atoms with Gasteiger partial charge in [-0.3, -0.25) is 4.21 Å². The topological polar surface area (TPSA) is 47.8 Å². The van der Waals surface area contributed by atoms with Gasteiger partial charge in [0.2, 0.25) is 5.16 Å². The van der Waals surface area contributed by atoms with Crippen molar-refractivity contribution < 1.29 is 4.21 Å². The van der Waals surface area contributed by atoms with E-state index in [9.17, 15) is 4.21 Å². The molecule has 0 fully saturated rings. The predicted molar refractivity (Wildman–Crippen MR) is 70.3 cm³/mol. The van der Waals surface area contributed by atoms with Crippen molar-refractivity contribution in [1.82, 2.24) is 14.8 Å². The van der Waals surface area contributed by atoms with E-state index in [1.165, 1.54) is 5.56 Å². The Morgan fingerprint density at radius 3 is 2.94 bits per heavy atom. The fourth-order valence-corrected chi connectivity index (χ4v) is 2.59. The monoisotopic (exact) mass is 313 g/mol. The highest BCUT2D eigenvalue weighted by Gasteiger charge is 2.10. The zero-order chi connectivity index (χ0) is 12.4. The van der Waals surface area contributed by atoms with Crippen molar-refractivity contribution >= 4 is 26.7 Å². The molecule has 6 heteroatoms. The molecule has 2 aromatic rings. The molecule has 0 saturated heterocycles. The Labute approximate surface area is 111 Å². The largest absolute Gasteiger partial charge is 0.302 e. The van der Waals surface area contributed by atoms with Gasteiger partial charge < -0.3 is 4.57 Å². The van der Waals surface area contributed by atoms with E-state index in [-0.39, 0.29) is 0 Å². The minimum Gasteiger partial charge on any atom is -0.302 e. The highest BCUT2D eigenvalue weighted by Crippen LogP contribution is 2.20.